The van der Waals surface area contributed by atoms with Crippen molar-refractivity contribution in [1.82, 2.24) is 0 Å². The first-order valence-electron chi connectivity index (χ1n) is 26.8. The van der Waals surface area contributed by atoms with Crippen LogP contribution in [0.25, 0.3) is 0 Å². The number of rotatable bonds is 10. The van der Waals surface area contributed by atoms with Crippen LogP contribution in [-0.2, 0) is 52.3 Å². The van der Waals surface area contributed by atoms with E-state index < -0.39 is 180 Å². The Kier molecular flexibility index (Phi) is 15.6. The smallest absolute Gasteiger partial charge is 0.335 e. The van der Waals surface area contributed by atoms with E-state index in [1.807, 2.05) is 6.92 Å². The fraction of sp³-hybridized carbons (Fsp3) is 0.904. The van der Waals surface area contributed by atoms with Crippen LogP contribution in [0, 0.1) is 50.2 Å². The van der Waals surface area contributed by atoms with E-state index in [2.05, 4.69) is 33.8 Å². The Balaban J connectivity index is 0.957. The number of fused-ring (bicyclic) bond motifs is 7. The van der Waals surface area contributed by atoms with E-state index in [0.29, 0.717) is 51.4 Å². The summed E-state index contributed by atoms with van der Waals surface area (Å²) in [6.07, 6.45) is -27.3. The summed E-state index contributed by atoms with van der Waals surface area (Å²) in [5.41, 5.74) is -4.00. The molecule has 9 aliphatic rings. The van der Waals surface area contributed by atoms with Crippen LogP contribution >= 0.6 is 0 Å². The molecule has 432 valence electrons. The first-order valence-corrected chi connectivity index (χ1v) is 26.8. The van der Waals surface area contributed by atoms with Crippen molar-refractivity contribution in [2.24, 2.45) is 50.2 Å². The lowest BCUT2D eigenvalue weighted by atomic mass is 9.33. The molecule has 8 fully saturated rings. The molecule has 3 unspecified atom stereocenters. The number of carbonyl (C=O) groups excluding carboxylic acids is 1. The van der Waals surface area contributed by atoms with E-state index in [0.717, 1.165) is 5.57 Å². The Morgan fingerprint density at radius 3 is 1.84 bits per heavy atom. The van der Waals surface area contributed by atoms with Gasteiger partial charge in [0, 0.05) is 0 Å². The molecule has 0 bridgehead atoms. The van der Waals surface area contributed by atoms with Gasteiger partial charge in [-0.3, -0.25) is 9.59 Å². The molecule has 0 aromatic carbocycles. The van der Waals surface area contributed by atoms with E-state index in [1.54, 1.807) is 0 Å². The van der Waals surface area contributed by atoms with Gasteiger partial charge < -0.3 is 104 Å². The number of aliphatic hydroxyl groups is 11. The minimum Gasteiger partial charge on any atom is -0.481 e. The van der Waals surface area contributed by atoms with Gasteiger partial charge in [-0.1, -0.05) is 46.3 Å². The van der Waals surface area contributed by atoms with Crippen LogP contribution in [0.15, 0.2) is 11.6 Å². The lowest BCUT2D eigenvalue weighted by Crippen LogP contribution is -2.70. The molecule has 0 aromatic heterocycles. The first kappa shape index (κ1) is 58.1. The Bertz CT molecular complexity index is 2220. The molecule has 24 nitrogen and oxygen atoms in total. The van der Waals surface area contributed by atoms with E-state index in [1.165, 1.54) is 13.8 Å². The molecule has 4 heterocycles. The van der Waals surface area contributed by atoms with Gasteiger partial charge in [0.15, 0.2) is 31.1 Å². The summed E-state index contributed by atoms with van der Waals surface area (Å²) in [5, 5.41) is 140. The monoisotopic (exact) mass is 1090 g/mol. The third kappa shape index (κ3) is 9.09. The van der Waals surface area contributed by atoms with Gasteiger partial charge >= 0.3 is 17.9 Å². The number of carbonyl (C=O) groups is 3. The maximum Gasteiger partial charge on any atom is 0.335 e. The zero-order chi connectivity index (χ0) is 55.7. The fourth-order valence-corrected chi connectivity index (χ4v) is 16.0. The van der Waals surface area contributed by atoms with Crippen LogP contribution in [0.3, 0.4) is 0 Å². The molecule has 5 aliphatic carbocycles. The number of carboxylic acids is 2. The second-order valence-electron chi connectivity index (χ2n) is 25.3. The number of aliphatic hydroxyl groups excluding tert-OH is 11. The number of hydrogen-bond donors (Lipinski definition) is 13. The van der Waals surface area contributed by atoms with Crippen molar-refractivity contribution in [2.75, 3.05) is 13.2 Å². The van der Waals surface area contributed by atoms with Gasteiger partial charge in [0.05, 0.1) is 36.3 Å². The van der Waals surface area contributed by atoms with Gasteiger partial charge in [-0.05, 0) is 111 Å². The molecule has 4 saturated carbocycles. The van der Waals surface area contributed by atoms with Gasteiger partial charge in [-0.15, -0.1) is 0 Å². The summed E-state index contributed by atoms with van der Waals surface area (Å²) in [5.74, 6) is -4.75. The molecule has 0 aromatic rings. The maximum absolute atomic E-state index is 15.3. The number of carboxylic acid groups (broad SMARTS) is 2. The molecule has 76 heavy (non-hydrogen) atoms. The highest BCUT2D eigenvalue weighted by Crippen LogP contribution is 2.76. The van der Waals surface area contributed by atoms with Gasteiger partial charge in [0.1, 0.15) is 73.2 Å². The second kappa shape index (κ2) is 20.4. The van der Waals surface area contributed by atoms with Crippen molar-refractivity contribution in [2.45, 2.75) is 229 Å². The van der Waals surface area contributed by atoms with Crippen molar-refractivity contribution in [3.05, 3.63) is 11.6 Å². The normalized spacial score (nSPS) is 54.1. The summed E-state index contributed by atoms with van der Waals surface area (Å²) >= 11 is 0. The molecule has 28 atom stereocenters. The minimum absolute atomic E-state index is 0.0600. The third-order valence-electron chi connectivity index (χ3n) is 20.6. The van der Waals surface area contributed by atoms with Gasteiger partial charge in [-0.25, -0.2) is 4.79 Å². The minimum atomic E-state index is -2.01. The number of aliphatic carboxylic acids is 2. The lowest BCUT2D eigenvalue weighted by molar-refractivity contribution is -0.368. The Morgan fingerprint density at radius 2 is 1.18 bits per heavy atom. The second-order valence-corrected chi connectivity index (χ2v) is 25.3. The molecule has 13 N–H and O–H groups in total. The highest BCUT2D eigenvalue weighted by molar-refractivity contribution is 5.79. The van der Waals surface area contributed by atoms with Crippen molar-refractivity contribution in [3.63, 3.8) is 0 Å². The molecular weight excluding hydrogens is 1010 g/mol. The van der Waals surface area contributed by atoms with Crippen LogP contribution in [0.5, 0.6) is 0 Å². The van der Waals surface area contributed by atoms with Crippen LogP contribution in [0.2, 0.25) is 0 Å². The topological polar surface area (TPSA) is 388 Å². The summed E-state index contributed by atoms with van der Waals surface area (Å²) in [6.45, 7) is 12.8. The zero-order valence-electron chi connectivity index (χ0n) is 43.9. The molecule has 4 saturated heterocycles. The standard InChI is InChI=1S/C52H80O24/c1-20-36(72-41-33(61)28(56)24(54)18-69-41)32(60)35(63)42(71-20)74-38-29(57)25(55)19-70-44(38)76-46(68)52-14-12-47(2,3)16-22(52)21-8-9-26-48(4)17-23(53)39(75-43-34(62)30(58)31(59)37(73-43)40(64)65)51(7,45(66)67)27(48)10-11-50(26,6)49(21,5)13-15-52/h8,20,22-39,41-44,53-63H,9-19H2,1-7H3,(H,64,65)(H,66,67)/t20-,22?,23-,24+,25-,26?,27?,28-,29-,30-,31-,32-,33+,34+,35+,36-,37-,38+,39-,41-,42-,43-,44+,48+,49+,50+,51-,52-/m0/s1. The molecular formula is C52H80O24. The molecule has 0 amide bonds. The Morgan fingerprint density at radius 1 is 0.592 bits per heavy atom. The van der Waals surface area contributed by atoms with E-state index in [-0.39, 0.29) is 30.3 Å². The highest BCUT2D eigenvalue weighted by Gasteiger charge is 2.73. The summed E-state index contributed by atoms with van der Waals surface area (Å²) in [7, 11) is 0. The largest absolute Gasteiger partial charge is 0.481 e. The van der Waals surface area contributed by atoms with Crippen molar-refractivity contribution in [3.8, 4) is 0 Å². The van der Waals surface area contributed by atoms with Crippen LogP contribution in [0.1, 0.15) is 106 Å². The van der Waals surface area contributed by atoms with Gasteiger partial charge in [0.25, 0.3) is 0 Å². The third-order valence-corrected chi connectivity index (χ3v) is 20.6. The van der Waals surface area contributed by atoms with Crippen molar-refractivity contribution in [1.29, 1.82) is 0 Å². The average molecular weight is 1090 g/mol. The molecule has 0 spiro atoms. The predicted octanol–water partition coefficient (Wildman–Crippen LogP) is -1.60. The zero-order valence-corrected chi connectivity index (χ0v) is 43.9. The summed E-state index contributed by atoms with van der Waals surface area (Å²) in [4.78, 5) is 40.9. The van der Waals surface area contributed by atoms with E-state index >= 15 is 4.79 Å². The van der Waals surface area contributed by atoms with Crippen LogP contribution in [-0.4, -0.2) is 220 Å². The number of ether oxygens (including phenoxy) is 8. The predicted molar refractivity (Wildman–Crippen MR) is 253 cm³/mol. The van der Waals surface area contributed by atoms with Gasteiger partial charge in [-0.2, -0.15) is 0 Å². The fourth-order valence-electron chi connectivity index (χ4n) is 16.0. The van der Waals surface area contributed by atoms with Crippen molar-refractivity contribution >= 4 is 17.9 Å². The number of esters is 1. The number of hydrogen-bond acceptors (Lipinski definition) is 22. The Hall–Kier alpha value is -2.57. The Labute approximate surface area is 439 Å². The molecule has 4 aliphatic heterocycles. The van der Waals surface area contributed by atoms with Crippen LogP contribution < -0.4 is 0 Å². The molecule has 0 radical (unpaired) electrons. The first-order chi connectivity index (χ1) is 35.4. The SMILES string of the molecule is C[C@@H]1O[C@@H](O[C@H]2[C@@H](OC(=O)[C@]34CCC(C)(C)CC3C3=CCC5[C@@]6(C)C[C@H](O)[C@H](O[C@@H]7O[C@H](C(=O)O)[C@@H](O)[C@H](O)[C@H]7O)[C@@](C)(C(=O)O)C6CC[C@@]5(C)[C@]3(C)CC4)OC[C@H](O)[C@@H]2O)[C@H](O)[C@H](O)[C@H]1O[C@@H]1OC[C@@H](O)[C@H](O)[C@H]1O. The maximum atomic E-state index is 15.3. The summed E-state index contributed by atoms with van der Waals surface area (Å²) < 4.78 is 46.7. The van der Waals surface area contributed by atoms with Crippen LogP contribution in [0.4, 0.5) is 0 Å². The lowest BCUT2D eigenvalue weighted by Gasteiger charge is -2.71. The van der Waals surface area contributed by atoms with E-state index in [9.17, 15) is 76.0 Å². The van der Waals surface area contributed by atoms with Gasteiger partial charge in [0.2, 0.25) is 6.29 Å². The molecule has 24 heteroatoms. The number of allylic oxidation sites excluding steroid dienone is 2. The molecule has 9 rings (SSSR count). The quantitative estimate of drug-likeness (QED) is 0.0665. The average Bonchev–Trinajstić information content (AvgIpc) is 3.34. The van der Waals surface area contributed by atoms with Crippen molar-refractivity contribution < 1.29 is 119 Å². The summed E-state index contributed by atoms with van der Waals surface area (Å²) in [6, 6.07) is 0. The highest BCUT2D eigenvalue weighted by atomic mass is 16.8. The van der Waals surface area contributed by atoms with E-state index in [4.69, 9.17) is 37.9 Å².